The van der Waals surface area contributed by atoms with Gasteiger partial charge in [0.15, 0.2) is 5.82 Å². The summed E-state index contributed by atoms with van der Waals surface area (Å²) < 4.78 is 1.90. The largest absolute Gasteiger partial charge is 0.363 e. The molecule has 21 heavy (non-hydrogen) atoms. The maximum atomic E-state index is 5.74. The van der Waals surface area contributed by atoms with Crippen molar-refractivity contribution in [2.24, 2.45) is 5.73 Å². The summed E-state index contributed by atoms with van der Waals surface area (Å²) in [4.78, 5) is 4.50. The molecule has 2 aromatic rings. The Morgan fingerprint density at radius 3 is 2.57 bits per heavy atom. The van der Waals surface area contributed by atoms with E-state index in [1.807, 2.05) is 10.7 Å². The van der Waals surface area contributed by atoms with E-state index in [0.717, 1.165) is 29.9 Å². The lowest BCUT2D eigenvalue weighted by Crippen LogP contribution is -2.36. The van der Waals surface area contributed by atoms with Crippen LogP contribution in [0.25, 0.3) is 5.52 Å². The SMILES string of the molecule is CCC(C)(CCN)Nc1nccn2nc(C(C)(C)C)cc12. The highest BCUT2D eigenvalue weighted by atomic mass is 15.2. The summed E-state index contributed by atoms with van der Waals surface area (Å²) in [6.45, 7) is 11.5. The fourth-order valence-electron chi connectivity index (χ4n) is 2.32. The Labute approximate surface area is 126 Å². The van der Waals surface area contributed by atoms with Gasteiger partial charge in [0.1, 0.15) is 5.52 Å². The summed E-state index contributed by atoms with van der Waals surface area (Å²) in [5, 5.41) is 8.22. The van der Waals surface area contributed by atoms with E-state index in [9.17, 15) is 0 Å². The molecule has 2 aromatic heterocycles. The summed E-state index contributed by atoms with van der Waals surface area (Å²) in [6.07, 6.45) is 5.58. The van der Waals surface area contributed by atoms with E-state index < -0.39 is 0 Å². The highest BCUT2D eigenvalue weighted by Gasteiger charge is 2.24. The van der Waals surface area contributed by atoms with Crippen molar-refractivity contribution in [2.45, 2.75) is 58.4 Å². The minimum absolute atomic E-state index is 0.0224. The van der Waals surface area contributed by atoms with Crippen LogP contribution < -0.4 is 11.1 Å². The first kappa shape index (κ1) is 15.8. The number of rotatable bonds is 5. The molecule has 0 bridgehead atoms. The molecule has 0 saturated carbocycles. The summed E-state index contributed by atoms with van der Waals surface area (Å²) in [7, 11) is 0. The molecule has 0 aromatic carbocycles. The fourth-order valence-corrected chi connectivity index (χ4v) is 2.32. The van der Waals surface area contributed by atoms with E-state index in [-0.39, 0.29) is 11.0 Å². The van der Waals surface area contributed by atoms with Crippen molar-refractivity contribution in [3.63, 3.8) is 0 Å². The van der Waals surface area contributed by atoms with Crippen LogP contribution in [-0.2, 0) is 5.41 Å². The summed E-state index contributed by atoms with van der Waals surface area (Å²) in [5.74, 6) is 0.873. The first-order valence-electron chi connectivity index (χ1n) is 7.62. The number of nitrogens with zero attached hydrogens (tertiary/aromatic N) is 3. The fraction of sp³-hybridized carbons (Fsp3) is 0.625. The van der Waals surface area contributed by atoms with Gasteiger partial charge >= 0.3 is 0 Å². The Morgan fingerprint density at radius 1 is 1.29 bits per heavy atom. The molecule has 0 radical (unpaired) electrons. The van der Waals surface area contributed by atoms with E-state index in [1.54, 1.807) is 6.20 Å². The lowest BCUT2D eigenvalue weighted by atomic mass is 9.92. The third-order valence-corrected chi connectivity index (χ3v) is 4.05. The molecule has 1 atom stereocenters. The molecule has 2 heterocycles. The first-order valence-corrected chi connectivity index (χ1v) is 7.62. The van der Waals surface area contributed by atoms with E-state index in [2.05, 4.69) is 56.1 Å². The standard InChI is InChI=1S/C16H27N5/c1-6-16(5,7-8-17)19-14-12-11-13(15(2,3)4)20-21(12)10-9-18-14/h9-11H,6-8,17H2,1-5H3,(H,18,19). The predicted molar refractivity (Wildman–Crippen MR) is 87.7 cm³/mol. The van der Waals surface area contributed by atoms with Crippen LogP contribution in [0.3, 0.4) is 0 Å². The van der Waals surface area contributed by atoms with Crippen molar-refractivity contribution in [1.82, 2.24) is 14.6 Å². The van der Waals surface area contributed by atoms with Crippen molar-refractivity contribution < 1.29 is 0 Å². The van der Waals surface area contributed by atoms with Gasteiger partial charge in [-0.1, -0.05) is 27.7 Å². The highest BCUT2D eigenvalue weighted by Crippen LogP contribution is 2.27. The number of nitrogens with two attached hydrogens (primary N) is 1. The predicted octanol–water partition coefficient (Wildman–Crippen LogP) is 2.96. The first-order chi connectivity index (χ1) is 9.79. The van der Waals surface area contributed by atoms with Crippen molar-refractivity contribution >= 4 is 11.3 Å². The van der Waals surface area contributed by atoms with Crippen LogP contribution in [0.1, 0.15) is 53.2 Å². The number of hydrogen-bond donors (Lipinski definition) is 2. The molecule has 3 N–H and O–H groups in total. The van der Waals surface area contributed by atoms with Gasteiger partial charge in [0.2, 0.25) is 0 Å². The van der Waals surface area contributed by atoms with Gasteiger partial charge in [-0.25, -0.2) is 9.50 Å². The Hall–Kier alpha value is -1.62. The van der Waals surface area contributed by atoms with E-state index in [1.165, 1.54) is 0 Å². The van der Waals surface area contributed by atoms with Crippen LogP contribution in [0.5, 0.6) is 0 Å². The second-order valence-electron chi connectivity index (χ2n) is 6.96. The molecule has 0 aliphatic carbocycles. The van der Waals surface area contributed by atoms with Gasteiger partial charge in [0, 0.05) is 23.3 Å². The lowest BCUT2D eigenvalue weighted by Gasteiger charge is -2.30. The van der Waals surface area contributed by atoms with Crippen molar-refractivity contribution in [1.29, 1.82) is 0 Å². The molecule has 5 heteroatoms. The Kier molecular flexibility index (Phi) is 4.23. The normalized spacial score (nSPS) is 15.1. The van der Waals surface area contributed by atoms with Crippen molar-refractivity contribution in [2.75, 3.05) is 11.9 Å². The zero-order chi connectivity index (χ0) is 15.7. The number of aromatic nitrogens is 3. The second kappa shape index (κ2) is 5.64. The van der Waals surface area contributed by atoms with Crippen LogP contribution in [0.4, 0.5) is 5.82 Å². The van der Waals surface area contributed by atoms with Crippen LogP contribution in [0.15, 0.2) is 18.5 Å². The third-order valence-electron chi connectivity index (χ3n) is 4.05. The molecule has 116 valence electrons. The maximum absolute atomic E-state index is 5.74. The smallest absolute Gasteiger partial charge is 0.152 e. The highest BCUT2D eigenvalue weighted by molar-refractivity contribution is 5.68. The molecular weight excluding hydrogens is 262 g/mol. The molecule has 0 amide bonds. The Bertz CT molecular complexity index is 611. The van der Waals surface area contributed by atoms with Gasteiger partial charge in [-0.15, -0.1) is 0 Å². The Morgan fingerprint density at radius 2 is 2.00 bits per heavy atom. The van der Waals surface area contributed by atoms with Gasteiger partial charge in [0.05, 0.1) is 5.69 Å². The van der Waals surface area contributed by atoms with Crippen LogP contribution >= 0.6 is 0 Å². The van der Waals surface area contributed by atoms with E-state index in [0.29, 0.717) is 6.54 Å². The van der Waals surface area contributed by atoms with E-state index in [4.69, 9.17) is 5.73 Å². The summed E-state index contributed by atoms with van der Waals surface area (Å²) in [5.41, 5.74) is 7.79. The molecule has 2 rings (SSSR count). The van der Waals surface area contributed by atoms with Crippen LogP contribution in [0.2, 0.25) is 0 Å². The van der Waals surface area contributed by atoms with Crippen molar-refractivity contribution in [3.05, 3.63) is 24.2 Å². The monoisotopic (exact) mass is 289 g/mol. The van der Waals surface area contributed by atoms with E-state index >= 15 is 0 Å². The maximum Gasteiger partial charge on any atom is 0.152 e. The number of fused-ring (bicyclic) bond motifs is 1. The Balaban J connectivity index is 2.43. The third kappa shape index (κ3) is 3.35. The minimum atomic E-state index is -0.0459. The van der Waals surface area contributed by atoms with Crippen LogP contribution in [0, 0.1) is 0 Å². The molecule has 0 spiro atoms. The zero-order valence-corrected chi connectivity index (χ0v) is 13.8. The molecule has 1 unspecified atom stereocenters. The minimum Gasteiger partial charge on any atom is -0.363 e. The van der Waals surface area contributed by atoms with Crippen molar-refractivity contribution in [3.8, 4) is 0 Å². The van der Waals surface area contributed by atoms with Crippen LogP contribution in [-0.4, -0.2) is 26.7 Å². The van der Waals surface area contributed by atoms with Gasteiger partial charge in [-0.3, -0.25) is 0 Å². The van der Waals surface area contributed by atoms with Gasteiger partial charge in [-0.05, 0) is 32.4 Å². The number of hydrogen-bond acceptors (Lipinski definition) is 4. The average Bonchev–Trinajstić information content (AvgIpc) is 2.84. The van der Waals surface area contributed by atoms with Gasteiger partial charge < -0.3 is 11.1 Å². The molecule has 0 aliphatic heterocycles. The molecule has 0 saturated heterocycles. The number of anilines is 1. The molecular formula is C16H27N5. The molecule has 0 fully saturated rings. The topological polar surface area (TPSA) is 68.2 Å². The molecule has 5 nitrogen and oxygen atoms in total. The average molecular weight is 289 g/mol. The zero-order valence-electron chi connectivity index (χ0n) is 13.8. The quantitative estimate of drug-likeness (QED) is 0.888. The van der Waals surface area contributed by atoms with Gasteiger partial charge in [0.25, 0.3) is 0 Å². The lowest BCUT2D eigenvalue weighted by molar-refractivity contribution is 0.462. The summed E-state index contributed by atoms with van der Waals surface area (Å²) >= 11 is 0. The summed E-state index contributed by atoms with van der Waals surface area (Å²) in [6, 6.07) is 2.12. The number of nitrogens with one attached hydrogen (secondary N) is 1. The molecule has 0 aliphatic rings. The van der Waals surface area contributed by atoms with Gasteiger partial charge in [-0.2, -0.15) is 5.10 Å². The second-order valence-corrected chi connectivity index (χ2v) is 6.96.